The molecule has 3 aromatic rings. The lowest BCUT2D eigenvalue weighted by atomic mass is 10.2. The summed E-state index contributed by atoms with van der Waals surface area (Å²) in [4.78, 5) is 4.61. The smallest absolute Gasteiger partial charge is 0.204 e. The fourth-order valence-corrected chi connectivity index (χ4v) is 2.81. The number of phenolic OH excluding ortho intramolecular Hbond substituents is 1. The number of halogens is 1. The van der Waals surface area contributed by atoms with E-state index in [-0.39, 0.29) is 5.75 Å². The quantitative estimate of drug-likeness (QED) is 0.747. The number of nitrogens with one attached hydrogen (secondary N) is 1. The largest absolute Gasteiger partial charge is 0.508 e. The Morgan fingerprint density at radius 1 is 1.24 bits per heavy atom. The van der Waals surface area contributed by atoms with E-state index in [1.54, 1.807) is 6.07 Å². The molecule has 4 nitrogen and oxygen atoms in total. The predicted molar refractivity (Wildman–Crippen MR) is 88.5 cm³/mol. The highest BCUT2D eigenvalue weighted by Crippen LogP contribution is 2.24. The highest BCUT2D eigenvalue weighted by Gasteiger charge is 2.09. The highest BCUT2D eigenvalue weighted by atomic mass is 79.9. The number of aromatic hydroxyl groups is 1. The third-order valence-electron chi connectivity index (χ3n) is 3.45. The van der Waals surface area contributed by atoms with Crippen molar-refractivity contribution in [1.82, 2.24) is 9.55 Å². The van der Waals surface area contributed by atoms with E-state index < -0.39 is 0 Å². The van der Waals surface area contributed by atoms with Crippen LogP contribution in [0.5, 0.6) is 5.75 Å². The van der Waals surface area contributed by atoms with Crippen molar-refractivity contribution < 1.29 is 5.11 Å². The number of hydrogen-bond donors (Lipinski definition) is 2. The van der Waals surface area contributed by atoms with Gasteiger partial charge in [-0.25, -0.2) is 4.98 Å². The van der Waals surface area contributed by atoms with Crippen molar-refractivity contribution in [3.05, 3.63) is 52.5 Å². The molecule has 108 valence electrons. The summed E-state index contributed by atoms with van der Waals surface area (Å²) in [7, 11) is 0. The van der Waals surface area contributed by atoms with E-state index >= 15 is 0 Å². The van der Waals surface area contributed by atoms with E-state index in [2.05, 4.69) is 43.8 Å². The molecule has 5 heteroatoms. The molecule has 21 heavy (non-hydrogen) atoms. The molecule has 2 N–H and O–H groups in total. The third-order valence-corrected chi connectivity index (χ3v) is 3.94. The summed E-state index contributed by atoms with van der Waals surface area (Å²) in [5.41, 5.74) is 2.92. The summed E-state index contributed by atoms with van der Waals surface area (Å²) >= 11 is 3.42. The Morgan fingerprint density at radius 2 is 2.05 bits per heavy atom. The number of imidazole rings is 1. The van der Waals surface area contributed by atoms with Crippen molar-refractivity contribution in [3.8, 4) is 5.75 Å². The molecule has 1 heterocycles. The molecule has 0 spiro atoms. The predicted octanol–water partition coefficient (Wildman–Crippen LogP) is 4.14. The zero-order valence-corrected chi connectivity index (χ0v) is 13.3. The number of rotatable bonds is 4. The van der Waals surface area contributed by atoms with Gasteiger partial charge in [-0.2, -0.15) is 0 Å². The van der Waals surface area contributed by atoms with Crippen LogP contribution in [0.3, 0.4) is 0 Å². The van der Waals surface area contributed by atoms with E-state index in [1.165, 1.54) is 0 Å². The molecule has 0 unspecified atom stereocenters. The zero-order chi connectivity index (χ0) is 14.8. The second-order valence-electron chi connectivity index (χ2n) is 4.79. The van der Waals surface area contributed by atoms with E-state index in [4.69, 9.17) is 0 Å². The van der Waals surface area contributed by atoms with Crippen LogP contribution in [0.1, 0.15) is 12.5 Å². The molecule has 0 radical (unpaired) electrons. The average molecular weight is 346 g/mol. The SMILES string of the molecule is CCn1c(NCc2cc(Br)ccc2O)nc2ccccc21. The van der Waals surface area contributed by atoms with Crippen molar-refractivity contribution >= 4 is 32.9 Å². The Balaban J connectivity index is 1.89. The first-order chi connectivity index (χ1) is 10.2. The van der Waals surface area contributed by atoms with Crippen LogP contribution in [0, 0.1) is 0 Å². The van der Waals surface area contributed by atoms with Gasteiger partial charge in [-0.05, 0) is 37.3 Å². The van der Waals surface area contributed by atoms with E-state index in [0.29, 0.717) is 6.54 Å². The summed E-state index contributed by atoms with van der Waals surface area (Å²) in [6.45, 7) is 3.46. The molecule has 0 saturated heterocycles. The maximum absolute atomic E-state index is 9.89. The normalized spacial score (nSPS) is 11.0. The fraction of sp³-hybridized carbons (Fsp3) is 0.188. The minimum atomic E-state index is 0.282. The van der Waals surface area contributed by atoms with Crippen molar-refractivity contribution in [2.75, 3.05) is 5.32 Å². The molecule has 0 fully saturated rings. The number of hydrogen-bond acceptors (Lipinski definition) is 3. The van der Waals surface area contributed by atoms with Gasteiger partial charge in [-0.1, -0.05) is 28.1 Å². The standard InChI is InChI=1S/C16H16BrN3O/c1-2-20-14-6-4-3-5-13(14)19-16(20)18-10-11-9-12(17)7-8-15(11)21/h3-9,21H,2,10H2,1H3,(H,18,19). The molecule has 0 saturated carbocycles. The Bertz CT molecular complexity index is 782. The maximum atomic E-state index is 9.89. The Morgan fingerprint density at radius 3 is 2.86 bits per heavy atom. The molecular formula is C16H16BrN3O. The van der Waals surface area contributed by atoms with Gasteiger partial charge in [-0.3, -0.25) is 0 Å². The number of para-hydroxylation sites is 2. The second kappa shape index (κ2) is 5.77. The van der Waals surface area contributed by atoms with Gasteiger partial charge < -0.3 is 15.0 Å². The van der Waals surface area contributed by atoms with Gasteiger partial charge in [0.1, 0.15) is 5.75 Å². The molecule has 2 aromatic carbocycles. The van der Waals surface area contributed by atoms with Crippen LogP contribution < -0.4 is 5.32 Å². The monoisotopic (exact) mass is 345 g/mol. The molecule has 3 rings (SSSR count). The molecule has 0 aliphatic carbocycles. The summed E-state index contributed by atoms with van der Waals surface area (Å²) in [6, 6.07) is 13.5. The van der Waals surface area contributed by atoms with Crippen LogP contribution >= 0.6 is 15.9 Å². The van der Waals surface area contributed by atoms with Crippen LogP contribution in [-0.4, -0.2) is 14.7 Å². The molecule has 0 amide bonds. The van der Waals surface area contributed by atoms with Crippen molar-refractivity contribution in [2.24, 2.45) is 0 Å². The van der Waals surface area contributed by atoms with Crippen molar-refractivity contribution in [2.45, 2.75) is 20.0 Å². The van der Waals surface area contributed by atoms with Gasteiger partial charge >= 0.3 is 0 Å². The summed E-state index contributed by atoms with van der Waals surface area (Å²) in [6.07, 6.45) is 0. The van der Waals surface area contributed by atoms with Gasteiger partial charge in [0.15, 0.2) is 0 Å². The van der Waals surface area contributed by atoms with Gasteiger partial charge in [0.25, 0.3) is 0 Å². The Kier molecular flexibility index (Phi) is 3.84. The number of aryl methyl sites for hydroxylation is 1. The van der Waals surface area contributed by atoms with Gasteiger partial charge in [0.2, 0.25) is 5.95 Å². The molecule has 0 aliphatic rings. The van der Waals surface area contributed by atoms with Crippen LogP contribution in [0.25, 0.3) is 11.0 Å². The van der Waals surface area contributed by atoms with Crippen LogP contribution in [-0.2, 0) is 13.1 Å². The van der Waals surface area contributed by atoms with Crippen LogP contribution in [0.15, 0.2) is 46.9 Å². The fourth-order valence-electron chi connectivity index (χ4n) is 2.40. The molecule has 1 aromatic heterocycles. The van der Waals surface area contributed by atoms with Gasteiger partial charge in [0, 0.05) is 23.1 Å². The zero-order valence-electron chi connectivity index (χ0n) is 11.7. The average Bonchev–Trinajstić information content (AvgIpc) is 2.85. The lowest BCUT2D eigenvalue weighted by Crippen LogP contribution is -2.07. The first kappa shape index (κ1) is 13.9. The summed E-state index contributed by atoms with van der Waals surface area (Å²) < 4.78 is 3.07. The van der Waals surface area contributed by atoms with E-state index in [1.807, 2.05) is 30.3 Å². The van der Waals surface area contributed by atoms with Crippen molar-refractivity contribution in [1.29, 1.82) is 0 Å². The number of nitrogens with zero attached hydrogens (tertiary/aromatic N) is 2. The van der Waals surface area contributed by atoms with Gasteiger partial charge in [-0.15, -0.1) is 0 Å². The summed E-state index contributed by atoms with van der Waals surface area (Å²) in [5.74, 6) is 1.10. The van der Waals surface area contributed by atoms with Crippen molar-refractivity contribution in [3.63, 3.8) is 0 Å². The topological polar surface area (TPSA) is 50.1 Å². The summed E-state index contributed by atoms with van der Waals surface area (Å²) in [5, 5.41) is 13.2. The lowest BCUT2D eigenvalue weighted by molar-refractivity contribution is 0.469. The highest BCUT2D eigenvalue weighted by molar-refractivity contribution is 9.10. The molecule has 0 atom stereocenters. The lowest BCUT2D eigenvalue weighted by Gasteiger charge is -2.10. The van der Waals surface area contributed by atoms with E-state index in [0.717, 1.165) is 33.6 Å². The Hall–Kier alpha value is -2.01. The Labute approximate surface area is 131 Å². The van der Waals surface area contributed by atoms with E-state index in [9.17, 15) is 5.11 Å². The second-order valence-corrected chi connectivity index (χ2v) is 5.71. The minimum Gasteiger partial charge on any atom is -0.508 e. The number of aromatic nitrogens is 2. The number of fused-ring (bicyclic) bond motifs is 1. The molecular weight excluding hydrogens is 330 g/mol. The van der Waals surface area contributed by atoms with Gasteiger partial charge in [0.05, 0.1) is 11.0 Å². The minimum absolute atomic E-state index is 0.282. The van der Waals surface area contributed by atoms with Crippen LogP contribution in [0.4, 0.5) is 5.95 Å². The first-order valence-electron chi connectivity index (χ1n) is 6.85. The number of benzene rings is 2. The number of anilines is 1. The molecule has 0 bridgehead atoms. The maximum Gasteiger partial charge on any atom is 0.204 e. The number of phenols is 1. The molecule has 0 aliphatic heterocycles. The van der Waals surface area contributed by atoms with Crippen LogP contribution in [0.2, 0.25) is 0 Å². The first-order valence-corrected chi connectivity index (χ1v) is 7.65. The third kappa shape index (κ3) is 2.74.